The Bertz CT molecular complexity index is 1950. The molecular formula is C40H42N2O16. The first-order valence-electron chi connectivity index (χ1n) is 18.4. The highest BCUT2D eigenvalue weighted by atomic mass is 16.7. The summed E-state index contributed by atoms with van der Waals surface area (Å²) in [5, 5.41) is 0. The first-order chi connectivity index (χ1) is 27.4. The van der Waals surface area contributed by atoms with Crippen molar-refractivity contribution in [2.75, 3.05) is 9.80 Å². The van der Waals surface area contributed by atoms with Crippen LogP contribution in [0.15, 0.2) is 48.5 Å². The average Bonchev–Trinajstić information content (AvgIpc) is 3.57. The van der Waals surface area contributed by atoms with Crippen molar-refractivity contribution in [1.82, 2.24) is 0 Å². The summed E-state index contributed by atoms with van der Waals surface area (Å²) >= 11 is 0. The van der Waals surface area contributed by atoms with E-state index in [1.54, 1.807) is 48.5 Å². The van der Waals surface area contributed by atoms with Crippen molar-refractivity contribution < 1.29 is 76.3 Å². The number of anilines is 2. The molecule has 0 spiro atoms. The van der Waals surface area contributed by atoms with Crippen LogP contribution in [0.3, 0.4) is 0 Å². The van der Waals surface area contributed by atoms with Crippen LogP contribution in [-0.2, 0) is 76.3 Å². The van der Waals surface area contributed by atoms with Crippen LogP contribution in [0.4, 0.5) is 11.4 Å². The summed E-state index contributed by atoms with van der Waals surface area (Å²) < 4.78 is 46.0. The number of fused-ring (bicyclic) bond motifs is 2. The lowest BCUT2D eigenvalue weighted by atomic mass is 9.96. The zero-order chi connectivity index (χ0) is 42.3. The predicted molar refractivity (Wildman–Crippen MR) is 197 cm³/mol. The third kappa shape index (κ3) is 7.76. The average molecular weight is 807 g/mol. The van der Waals surface area contributed by atoms with E-state index in [-0.39, 0.29) is 33.6 Å². The molecule has 58 heavy (non-hydrogen) atoms. The fraction of sp³-hybridized carbons (Fsp3) is 0.450. The van der Waals surface area contributed by atoms with E-state index in [2.05, 4.69) is 0 Å². The first kappa shape index (κ1) is 41.5. The van der Waals surface area contributed by atoms with Gasteiger partial charge in [0.25, 0.3) is 11.8 Å². The smallest absolute Gasteiger partial charge is 0.303 e. The topological polar surface area (TPSA) is 217 Å². The highest BCUT2D eigenvalue weighted by Crippen LogP contribution is 2.50. The van der Waals surface area contributed by atoms with Crippen LogP contribution in [0, 0.1) is 0 Å². The summed E-state index contributed by atoms with van der Waals surface area (Å²) in [5.41, 5.74) is 0.834. The minimum absolute atomic E-state index is 0.0956. The Kier molecular flexibility index (Phi) is 11.7. The minimum atomic E-state index is -1.53. The number of benzene rings is 2. The molecule has 308 valence electrons. The molecule has 2 fully saturated rings. The number of rotatable bonds is 8. The summed E-state index contributed by atoms with van der Waals surface area (Å²) in [6, 6.07) is 12.9. The van der Waals surface area contributed by atoms with Crippen molar-refractivity contribution >= 4 is 70.2 Å². The fourth-order valence-electron chi connectivity index (χ4n) is 7.86. The van der Waals surface area contributed by atoms with E-state index in [9.17, 15) is 28.8 Å². The van der Waals surface area contributed by atoms with Crippen molar-refractivity contribution in [3.05, 3.63) is 59.7 Å². The van der Waals surface area contributed by atoms with Crippen molar-refractivity contribution in [2.24, 2.45) is 0 Å². The van der Waals surface area contributed by atoms with Crippen LogP contribution in [0.2, 0.25) is 0 Å². The normalized spacial score (nSPS) is 30.1. The fourth-order valence-corrected chi connectivity index (χ4v) is 7.86. The van der Waals surface area contributed by atoms with E-state index in [4.69, 9.17) is 37.9 Å². The molecule has 0 N–H and O–H groups in total. The van der Waals surface area contributed by atoms with Gasteiger partial charge in [-0.3, -0.25) is 48.2 Å². The zero-order valence-corrected chi connectivity index (χ0v) is 32.8. The quantitative estimate of drug-likeness (QED) is 0.213. The highest BCUT2D eigenvalue weighted by molar-refractivity contribution is 6.50. The van der Waals surface area contributed by atoms with Crippen LogP contribution in [-0.4, -0.2) is 109 Å². The number of nitrogens with zero attached hydrogens (tertiary/aromatic N) is 2. The number of ether oxygens (including phenoxy) is 8. The summed E-state index contributed by atoms with van der Waals surface area (Å²) in [5.74, 6) is -6.25. The molecule has 6 rings (SSSR count). The second-order valence-corrected chi connectivity index (χ2v) is 14.0. The second-order valence-electron chi connectivity index (χ2n) is 14.0. The summed E-state index contributed by atoms with van der Waals surface area (Å²) in [7, 11) is 0. The van der Waals surface area contributed by atoms with Gasteiger partial charge in [-0.15, -0.1) is 0 Å². The van der Waals surface area contributed by atoms with E-state index in [0.717, 1.165) is 41.5 Å². The molecular weight excluding hydrogens is 764 g/mol. The second kappa shape index (κ2) is 16.4. The monoisotopic (exact) mass is 806 g/mol. The number of amides is 2. The van der Waals surface area contributed by atoms with Crippen molar-refractivity contribution in [1.29, 1.82) is 0 Å². The Morgan fingerprint density at radius 2 is 0.724 bits per heavy atom. The zero-order valence-electron chi connectivity index (χ0n) is 32.8. The minimum Gasteiger partial charge on any atom is -0.456 e. The van der Waals surface area contributed by atoms with E-state index >= 15 is 9.59 Å². The van der Waals surface area contributed by atoms with Crippen molar-refractivity contribution in [3.8, 4) is 0 Å². The Morgan fingerprint density at radius 1 is 0.448 bits per heavy atom. The van der Waals surface area contributed by atoms with Crippen molar-refractivity contribution in [2.45, 2.75) is 117 Å². The number of hydrogen-bond donors (Lipinski definition) is 0. The first-order valence-corrected chi connectivity index (χ1v) is 18.4. The Hall–Kier alpha value is -6.14. The van der Waals surface area contributed by atoms with Gasteiger partial charge in [0.15, 0.2) is 49.1 Å². The molecule has 18 heteroatoms. The highest BCUT2D eigenvalue weighted by Gasteiger charge is 2.58. The van der Waals surface area contributed by atoms with Gasteiger partial charge in [0.2, 0.25) is 0 Å². The molecule has 0 radical (unpaired) electrons. The number of esters is 6. The van der Waals surface area contributed by atoms with Gasteiger partial charge < -0.3 is 37.9 Å². The van der Waals surface area contributed by atoms with E-state index in [0.29, 0.717) is 0 Å². The number of hydrogen-bond acceptors (Lipinski definition) is 16. The third-order valence-electron chi connectivity index (χ3n) is 9.79. The predicted octanol–water partition coefficient (Wildman–Crippen LogP) is 2.37. The summed E-state index contributed by atoms with van der Waals surface area (Å²) in [4.78, 5) is 107. The molecule has 0 bridgehead atoms. The molecule has 4 aliphatic rings. The molecule has 2 saturated heterocycles. The van der Waals surface area contributed by atoms with Gasteiger partial charge in [-0.25, -0.2) is 0 Å². The summed E-state index contributed by atoms with van der Waals surface area (Å²) in [6.45, 7) is 9.79. The molecule has 2 amide bonds. The number of carbonyl (C=O) groups is 8. The van der Waals surface area contributed by atoms with Crippen LogP contribution in [0.1, 0.15) is 66.5 Å². The molecule has 0 aliphatic carbocycles. The third-order valence-corrected chi connectivity index (χ3v) is 9.79. The summed E-state index contributed by atoms with van der Waals surface area (Å²) in [6.07, 6.45) is -13.4. The van der Waals surface area contributed by atoms with Crippen molar-refractivity contribution in [3.63, 3.8) is 0 Å². The SMILES string of the molecule is CC(=O)O[C@@H]1[C@@H](OC(C)=O)[C@H](C)O[C@H](N2C(=O)/C(=C3/C(=O)N([C@H]4O[C@@H](C)[C@H](OC(C)=O)[C@@H](OC(C)=O)[C@H]4OC(C)=O)c4ccccc43)c3ccccc32)[C@@H]1OC(C)=O. The largest absolute Gasteiger partial charge is 0.456 e. The molecule has 10 atom stereocenters. The standard InChI is InChI=1S/C40H42N2O16/c1-17-31(53-19(3)43)33(55-21(5)45)35(57-23(7)47)39(51-17)41-27-15-11-9-13-25(27)29(37(41)49)30-26-14-10-12-16-28(26)42(38(30)50)40-36(58-24(8)48)34(56-22(6)46)32(18(2)52-40)54-20(4)44/h9-18,31-36,39-40H,1-8H3/b30-29+/t17-,18-,31-,32-,33+,34+,35+,36+,39-,40-/m0/s1. The van der Waals surface area contributed by atoms with Gasteiger partial charge in [-0.1, -0.05) is 36.4 Å². The maximum Gasteiger partial charge on any atom is 0.303 e. The van der Waals surface area contributed by atoms with Crippen LogP contribution >= 0.6 is 0 Å². The Balaban J connectivity index is 1.50. The molecule has 18 nitrogen and oxygen atoms in total. The Labute approximate surface area is 332 Å². The lowest BCUT2D eigenvalue weighted by Crippen LogP contribution is -2.65. The Morgan fingerprint density at radius 3 is 1.03 bits per heavy atom. The van der Waals surface area contributed by atoms with Gasteiger partial charge >= 0.3 is 35.8 Å². The molecule has 2 aromatic rings. The lowest BCUT2D eigenvalue weighted by Gasteiger charge is -2.46. The molecule has 2 aromatic carbocycles. The lowest BCUT2D eigenvalue weighted by molar-refractivity contribution is -0.242. The molecule has 4 heterocycles. The molecule has 0 unspecified atom stereocenters. The van der Waals surface area contributed by atoms with Crippen LogP contribution in [0.25, 0.3) is 11.1 Å². The van der Waals surface area contributed by atoms with E-state index in [1.165, 1.54) is 23.6 Å². The van der Waals surface area contributed by atoms with Gasteiger partial charge in [-0.05, 0) is 26.0 Å². The van der Waals surface area contributed by atoms with Gasteiger partial charge in [0.05, 0.1) is 34.7 Å². The molecule has 0 aromatic heterocycles. The number of carbonyl (C=O) groups excluding carboxylic acids is 8. The van der Waals surface area contributed by atoms with E-state index < -0.39 is 109 Å². The van der Waals surface area contributed by atoms with Gasteiger partial charge in [0, 0.05) is 52.7 Å². The molecule has 0 saturated carbocycles. The maximum atomic E-state index is 15.1. The van der Waals surface area contributed by atoms with Crippen LogP contribution < -0.4 is 9.80 Å². The van der Waals surface area contributed by atoms with Gasteiger partial charge in [0.1, 0.15) is 0 Å². The van der Waals surface area contributed by atoms with Gasteiger partial charge in [-0.2, -0.15) is 0 Å². The molecule has 4 aliphatic heterocycles. The van der Waals surface area contributed by atoms with Crippen LogP contribution in [0.5, 0.6) is 0 Å². The number of para-hydroxylation sites is 2. The van der Waals surface area contributed by atoms with E-state index in [1.807, 2.05) is 0 Å². The maximum absolute atomic E-state index is 15.1.